The van der Waals surface area contributed by atoms with E-state index in [0.29, 0.717) is 5.75 Å². The largest absolute Gasteiger partial charge is 0.530 e. The third kappa shape index (κ3) is 3.92. The van der Waals surface area contributed by atoms with E-state index in [-0.39, 0.29) is 13.2 Å². The topological polar surface area (TPSA) is 44.8 Å². The third-order valence-corrected chi connectivity index (χ3v) is 6.22. The Hall–Kier alpha value is -2.65. The maximum Gasteiger partial charge on any atom is 0.530 e. The van der Waals surface area contributed by atoms with Gasteiger partial charge in [-0.3, -0.25) is 9.05 Å². The molecule has 0 unspecified atom stereocenters. The van der Waals surface area contributed by atoms with Crippen LogP contribution in [-0.2, 0) is 13.6 Å². The van der Waals surface area contributed by atoms with Crippen molar-refractivity contribution in [2.45, 2.75) is 13.8 Å². The highest BCUT2D eigenvalue weighted by Gasteiger charge is 2.29. The standard InChI is InChI=1S/C24H22O4P/c1-3-26-29(25,27-4-2)28-23-17-16-19-11-6-8-14-21(19)24(23)22-15-9-12-18-10-5-7-13-20(18)22/h5-14,16-17H,3-4H2,1-2H3. The lowest BCUT2D eigenvalue weighted by atomic mass is 9.93. The fraction of sp³-hybridized carbons (Fsp3) is 0.167. The van der Waals surface area contributed by atoms with E-state index in [1.54, 1.807) is 13.8 Å². The average molecular weight is 405 g/mol. The second kappa shape index (κ2) is 8.38. The maximum atomic E-state index is 13.1. The van der Waals surface area contributed by atoms with Gasteiger partial charge in [0.05, 0.1) is 13.2 Å². The monoisotopic (exact) mass is 405 g/mol. The van der Waals surface area contributed by atoms with Crippen molar-refractivity contribution < 1.29 is 18.1 Å². The van der Waals surface area contributed by atoms with Crippen LogP contribution in [0, 0.1) is 6.07 Å². The van der Waals surface area contributed by atoms with Crippen molar-refractivity contribution in [1.29, 1.82) is 0 Å². The second-order valence-corrected chi connectivity index (χ2v) is 8.07. The summed E-state index contributed by atoms with van der Waals surface area (Å²) in [5, 5.41) is 4.17. The van der Waals surface area contributed by atoms with Crippen LogP contribution in [0.4, 0.5) is 0 Å². The normalized spacial score (nSPS) is 11.8. The van der Waals surface area contributed by atoms with E-state index in [1.165, 1.54) is 0 Å². The van der Waals surface area contributed by atoms with Gasteiger partial charge in [0.15, 0.2) is 0 Å². The molecule has 29 heavy (non-hydrogen) atoms. The summed E-state index contributed by atoms with van der Waals surface area (Å²) in [5.41, 5.74) is 1.70. The molecule has 147 valence electrons. The van der Waals surface area contributed by atoms with E-state index >= 15 is 0 Å². The molecule has 0 aromatic heterocycles. The molecule has 5 heteroatoms. The van der Waals surface area contributed by atoms with Crippen LogP contribution in [0.5, 0.6) is 5.75 Å². The Morgan fingerprint density at radius 3 is 2.10 bits per heavy atom. The fourth-order valence-corrected chi connectivity index (χ4v) is 4.69. The third-order valence-electron chi connectivity index (χ3n) is 4.65. The lowest BCUT2D eigenvalue weighted by Gasteiger charge is -2.20. The molecular weight excluding hydrogens is 383 g/mol. The number of hydrogen-bond acceptors (Lipinski definition) is 4. The SMILES string of the molecule is CCOP(=O)(OCC)Oc1ccc2ccccc2c1-c1[c]ccc2ccccc12. The first-order chi connectivity index (χ1) is 14.1. The van der Waals surface area contributed by atoms with Gasteiger partial charge in [0.25, 0.3) is 0 Å². The lowest BCUT2D eigenvalue weighted by Crippen LogP contribution is -2.03. The van der Waals surface area contributed by atoms with Gasteiger partial charge in [-0.2, -0.15) is 0 Å². The van der Waals surface area contributed by atoms with Gasteiger partial charge < -0.3 is 4.52 Å². The number of rotatable bonds is 7. The molecule has 0 heterocycles. The van der Waals surface area contributed by atoms with Crippen molar-refractivity contribution in [3.63, 3.8) is 0 Å². The van der Waals surface area contributed by atoms with Crippen molar-refractivity contribution in [3.05, 3.63) is 78.9 Å². The molecule has 4 aromatic rings. The summed E-state index contributed by atoms with van der Waals surface area (Å²) in [6.45, 7) is 3.96. The van der Waals surface area contributed by atoms with E-state index in [2.05, 4.69) is 18.2 Å². The van der Waals surface area contributed by atoms with E-state index in [4.69, 9.17) is 13.6 Å². The summed E-state index contributed by atoms with van der Waals surface area (Å²) >= 11 is 0. The molecule has 0 amide bonds. The Balaban J connectivity index is 1.98. The van der Waals surface area contributed by atoms with Gasteiger partial charge in [-0.15, -0.1) is 0 Å². The van der Waals surface area contributed by atoms with Crippen LogP contribution in [0.15, 0.2) is 72.8 Å². The van der Waals surface area contributed by atoms with Crippen LogP contribution < -0.4 is 4.52 Å². The van der Waals surface area contributed by atoms with E-state index in [9.17, 15) is 4.57 Å². The first kappa shape index (κ1) is 19.7. The molecular formula is C24H22O4P. The molecule has 0 atom stereocenters. The molecule has 1 radical (unpaired) electrons. The summed E-state index contributed by atoms with van der Waals surface area (Å²) in [7, 11) is -3.74. The molecule has 4 rings (SSSR count). The number of benzene rings is 4. The Morgan fingerprint density at radius 2 is 1.41 bits per heavy atom. The smallest absolute Gasteiger partial charge is 0.403 e. The summed E-state index contributed by atoms with van der Waals surface area (Å²) in [6, 6.07) is 27.2. The summed E-state index contributed by atoms with van der Waals surface area (Å²) in [5.74, 6) is 0.446. The van der Waals surface area contributed by atoms with Crippen LogP contribution in [-0.4, -0.2) is 13.2 Å². The zero-order valence-corrected chi connectivity index (χ0v) is 17.3. The van der Waals surface area contributed by atoms with Gasteiger partial charge in [0.2, 0.25) is 0 Å². The number of fused-ring (bicyclic) bond motifs is 2. The minimum Gasteiger partial charge on any atom is -0.403 e. The van der Waals surface area contributed by atoms with Crippen molar-refractivity contribution >= 4 is 29.4 Å². The van der Waals surface area contributed by atoms with Crippen LogP contribution in [0.1, 0.15) is 13.8 Å². The first-order valence-corrected chi connectivity index (χ1v) is 11.1. The van der Waals surface area contributed by atoms with Crippen molar-refractivity contribution in [2.24, 2.45) is 0 Å². The predicted octanol–water partition coefficient (Wildman–Crippen LogP) is 7.02. The molecule has 0 N–H and O–H groups in total. The lowest BCUT2D eigenvalue weighted by molar-refractivity contribution is 0.168. The van der Waals surface area contributed by atoms with Crippen LogP contribution >= 0.6 is 7.82 Å². The molecule has 0 aliphatic carbocycles. The highest BCUT2D eigenvalue weighted by atomic mass is 31.2. The quantitative estimate of drug-likeness (QED) is 0.310. The molecule has 0 aliphatic heterocycles. The molecule has 0 fully saturated rings. The minimum absolute atomic E-state index is 0.223. The van der Waals surface area contributed by atoms with Crippen LogP contribution in [0.25, 0.3) is 32.7 Å². The molecule has 0 saturated heterocycles. The van der Waals surface area contributed by atoms with Gasteiger partial charge in [-0.1, -0.05) is 66.7 Å². The molecule has 0 spiro atoms. The Morgan fingerprint density at radius 1 is 0.793 bits per heavy atom. The van der Waals surface area contributed by atoms with Gasteiger partial charge >= 0.3 is 7.82 Å². The van der Waals surface area contributed by atoms with E-state index < -0.39 is 7.82 Å². The van der Waals surface area contributed by atoms with Crippen LogP contribution in [0.2, 0.25) is 0 Å². The number of phosphoric ester groups is 1. The summed E-state index contributed by atoms with van der Waals surface area (Å²) in [6.07, 6.45) is 0. The molecule has 0 saturated carbocycles. The zero-order chi connectivity index (χ0) is 20.3. The number of phosphoric acid groups is 1. The molecule has 0 aliphatic rings. The van der Waals surface area contributed by atoms with Gasteiger partial charge in [0, 0.05) is 11.1 Å². The fourth-order valence-electron chi connectivity index (χ4n) is 3.48. The van der Waals surface area contributed by atoms with Crippen molar-refractivity contribution in [2.75, 3.05) is 13.2 Å². The highest BCUT2D eigenvalue weighted by Crippen LogP contribution is 2.52. The van der Waals surface area contributed by atoms with E-state index in [1.807, 2.05) is 60.7 Å². The molecule has 4 aromatic carbocycles. The Labute approximate surface area is 170 Å². The van der Waals surface area contributed by atoms with E-state index in [0.717, 1.165) is 32.7 Å². The maximum absolute atomic E-state index is 13.1. The minimum atomic E-state index is -3.74. The summed E-state index contributed by atoms with van der Waals surface area (Å²) in [4.78, 5) is 0. The van der Waals surface area contributed by atoms with Gasteiger partial charge in [-0.05, 0) is 47.5 Å². The number of hydrogen-bond donors (Lipinski definition) is 0. The Bertz CT molecular complexity index is 1190. The van der Waals surface area contributed by atoms with Gasteiger partial charge in [-0.25, -0.2) is 4.57 Å². The first-order valence-electron chi connectivity index (χ1n) is 9.65. The van der Waals surface area contributed by atoms with Crippen molar-refractivity contribution in [1.82, 2.24) is 0 Å². The highest BCUT2D eigenvalue weighted by molar-refractivity contribution is 7.48. The predicted molar refractivity (Wildman–Crippen MR) is 117 cm³/mol. The van der Waals surface area contributed by atoms with Crippen molar-refractivity contribution in [3.8, 4) is 16.9 Å². The summed E-state index contributed by atoms with van der Waals surface area (Å²) < 4.78 is 29.7. The van der Waals surface area contributed by atoms with Gasteiger partial charge in [0.1, 0.15) is 5.75 Å². The van der Waals surface area contributed by atoms with Crippen LogP contribution in [0.3, 0.4) is 0 Å². The zero-order valence-electron chi connectivity index (χ0n) is 16.4. The Kier molecular flexibility index (Phi) is 5.68. The average Bonchev–Trinajstić information content (AvgIpc) is 2.73. The second-order valence-electron chi connectivity index (χ2n) is 6.47. The molecule has 4 nitrogen and oxygen atoms in total. The molecule has 0 bridgehead atoms.